The van der Waals surface area contributed by atoms with Gasteiger partial charge < -0.3 is 5.32 Å². The summed E-state index contributed by atoms with van der Waals surface area (Å²) < 4.78 is 0. The minimum absolute atomic E-state index is 0.0807. The van der Waals surface area contributed by atoms with E-state index in [-0.39, 0.29) is 5.91 Å². The monoisotopic (exact) mass is 201 g/mol. The number of anilines is 1. The smallest absolute Gasteiger partial charge is 0.264 e. The molecule has 0 saturated carbocycles. The standard InChI is InChI=1S/C10H7N3O2/c11-5-12-10(15)7-2-1-6-4-9(14)13-8(6)3-7/h1-3H,4H2,(H,12,15)(H,13,14). The summed E-state index contributed by atoms with van der Waals surface area (Å²) in [6.45, 7) is 0. The van der Waals surface area contributed by atoms with Gasteiger partial charge in [-0.1, -0.05) is 6.07 Å². The van der Waals surface area contributed by atoms with Crippen molar-refractivity contribution in [3.8, 4) is 6.19 Å². The molecule has 2 rings (SSSR count). The average molecular weight is 201 g/mol. The lowest BCUT2D eigenvalue weighted by Gasteiger charge is -2.01. The molecule has 15 heavy (non-hydrogen) atoms. The van der Waals surface area contributed by atoms with Crippen molar-refractivity contribution < 1.29 is 9.59 Å². The molecular formula is C10H7N3O2. The summed E-state index contributed by atoms with van der Waals surface area (Å²) >= 11 is 0. The fraction of sp³-hybridized carbons (Fsp3) is 0.100. The van der Waals surface area contributed by atoms with Crippen LogP contribution in [0.25, 0.3) is 0 Å². The van der Waals surface area contributed by atoms with Crippen LogP contribution >= 0.6 is 0 Å². The zero-order chi connectivity index (χ0) is 10.8. The van der Waals surface area contributed by atoms with Crippen molar-refractivity contribution in [1.29, 1.82) is 5.26 Å². The van der Waals surface area contributed by atoms with E-state index < -0.39 is 5.91 Å². The Kier molecular flexibility index (Phi) is 2.10. The van der Waals surface area contributed by atoms with Crippen molar-refractivity contribution in [2.24, 2.45) is 0 Å². The highest BCUT2D eigenvalue weighted by Crippen LogP contribution is 2.23. The minimum Gasteiger partial charge on any atom is -0.326 e. The number of fused-ring (bicyclic) bond motifs is 1. The summed E-state index contributed by atoms with van der Waals surface area (Å²) in [5.74, 6) is -0.552. The van der Waals surface area contributed by atoms with E-state index in [0.717, 1.165) is 5.56 Å². The third-order valence-electron chi connectivity index (χ3n) is 2.17. The quantitative estimate of drug-likeness (QED) is 0.509. The zero-order valence-electron chi connectivity index (χ0n) is 7.70. The third kappa shape index (κ3) is 1.65. The van der Waals surface area contributed by atoms with E-state index in [9.17, 15) is 9.59 Å². The molecule has 74 valence electrons. The van der Waals surface area contributed by atoms with Gasteiger partial charge in [-0.05, 0) is 17.7 Å². The van der Waals surface area contributed by atoms with Crippen LogP contribution < -0.4 is 10.6 Å². The summed E-state index contributed by atoms with van der Waals surface area (Å²) in [7, 11) is 0. The maximum atomic E-state index is 11.3. The number of benzene rings is 1. The van der Waals surface area contributed by atoms with Crippen molar-refractivity contribution in [3.63, 3.8) is 0 Å². The highest BCUT2D eigenvalue weighted by atomic mass is 16.2. The van der Waals surface area contributed by atoms with Gasteiger partial charge in [-0.25, -0.2) is 0 Å². The van der Waals surface area contributed by atoms with Gasteiger partial charge in [-0.2, -0.15) is 5.26 Å². The predicted octanol–water partition coefficient (Wildman–Crippen LogP) is 0.392. The van der Waals surface area contributed by atoms with Gasteiger partial charge in [0.2, 0.25) is 5.91 Å². The lowest BCUT2D eigenvalue weighted by molar-refractivity contribution is -0.115. The van der Waals surface area contributed by atoms with Gasteiger partial charge in [0.25, 0.3) is 5.91 Å². The first-order valence-electron chi connectivity index (χ1n) is 4.33. The molecule has 0 spiro atoms. The molecule has 0 fully saturated rings. The Labute approximate surface area is 85.7 Å². The van der Waals surface area contributed by atoms with Crippen LogP contribution in [0, 0.1) is 11.5 Å². The molecule has 0 unspecified atom stereocenters. The van der Waals surface area contributed by atoms with Crippen molar-refractivity contribution in [3.05, 3.63) is 29.3 Å². The highest BCUT2D eigenvalue weighted by molar-refractivity contribution is 6.02. The number of nitrogens with one attached hydrogen (secondary N) is 2. The number of carbonyl (C=O) groups excluding carboxylic acids is 2. The molecule has 5 heteroatoms. The first kappa shape index (κ1) is 9.21. The van der Waals surface area contributed by atoms with Crippen LogP contribution in [0.4, 0.5) is 5.69 Å². The van der Waals surface area contributed by atoms with Gasteiger partial charge in [0.15, 0.2) is 6.19 Å². The SMILES string of the molecule is N#CNC(=O)c1ccc2c(c1)NC(=O)C2. The molecule has 2 amide bonds. The highest BCUT2D eigenvalue weighted by Gasteiger charge is 2.18. The maximum absolute atomic E-state index is 11.3. The Hall–Kier alpha value is -2.35. The molecule has 0 bridgehead atoms. The number of nitrogens with zero attached hydrogens (tertiary/aromatic N) is 1. The number of nitriles is 1. The first-order chi connectivity index (χ1) is 7.20. The fourth-order valence-corrected chi connectivity index (χ4v) is 1.48. The Balaban J connectivity index is 2.32. The maximum Gasteiger partial charge on any atom is 0.264 e. The molecule has 2 N–H and O–H groups in total. The van der Waals surface area contributed by atoms with Gasteiger partial charge in [0, 0.05) is 11.3 Å². The summed E-state index contributed by atoms with van der Waals surface area (Å²) in [6.07, 6.45) is 1.90. The van der Waals surface area contributed by atoms with Crippen molar-refractivity contribution in [1.82, 2.24) is 5.32 Å². The van der Waals surface area contributed by atoms with E-state index in [0.29, 0.717) is 17.7 Å². The molecule has 1 aliphatic rings. The lowest BCUT2D eigenvalue weighted by Crippen LogP contribution is -2.17. The van der Waals surface area contributed by atoms with E-state index in [1.54, 1.807) is 24.4 Å². The Bertz CT molecular complexity index is 488. The van der Waals surface area contributed by atoms with E-state index >= 15 is 0 Å². The van der Waals surface area contributed by atoms with Gasteiger partial charge in [-0.15, -0.1) is 0 Å². The number of rotatable bonds is 1. The molecule has 0 aliphatic carbocycles. The van der Waals surface area contributed by atoms with E-state index in [1.807, 2.05) is 5.32 Å². The molecule has 0 aromatic heterocycles. The van der Waals surface area contributed by atoms with E-state index in [2.05, 4.69) is 5.32 Å². The van der Waals surface area contributed by atoms with Gasteiger partial charge >= 0.3 is 0 Å². The summed E-state index contributed by atoms with van der Waals surface area (Å²) in [6, 6.07) is 4.86. The predicted molar refractivity (Wildman–Crippen MR) is 51.9 cm³/mol. The minimum atomic E-state index is -0.471. The van der Waals surface area contributed by atoms with Crippen LogP contribution in [0.2, 0.25) is 0 Å². The second-order valence-electron chi connectivity index (χ2n) is 3.16. The van der Waals surface area contributed by atoms with Gasteiger partial charge in [0.05, 0.1) is 6.42 Å². The first-order valence-corrected chi connectivity index (χ1v) is 4.33. The summed E-state index contributed by atoms with van der Waals surface area (Å²) in [4.78, 5) is 22.3. The largest absolute Gasteiger partial charge is 0.326 e. The summed E-state index contributed by atoms with van der Waals surface area (Å²) in [5, 5.41) is 12.9. The van der Waals surface area contributed by atoms with Gasteiger partial charge in [-0.3, -0.25) is 14.9 Å². The Morgan fingerprint density at radius 3 is 3.07 bits per heavy atom. The van der Waals surface area contributed by atoms with E-state index in [1.165, 1.54) is 0 Å². The van der Waals surface area contributed by atoms with Crippen LogP contribution in [-0.4, -0.2) is 11.8 Å². The molecule has 1 heterocycles. The molecule has 0 saturated heterocycles. The Morgan fingerprint density at radius 2 is 2.33 bits per heavy atom. The van der Waals surface area contributed by atoms with Crippen molar-refractivity contribution >= 4 is 17.5 Å². The number of hydrogen-bond donors (Lipinski definition) is 2. The van der Waals surface area contributed by atoms with Crippen LogP contribution in [0.1, 0.15) is 15.9 Å². The molecule has 0 atom stereocenters. The van der Waals surface area contributed by atoms with Crippen LogP contribution in [0.15, 0.2) is 18.2 Å². The second kappa shape index (κ2) is 3.42. The van der Waals surface area contributed by atoms with Crippen molar-refractivity contribution in [2.45, 2.75) is 6.42 Å². The number of amides is 2. The van der Waals surface area contributed by atoms with Gasteiger partial charge in [0.1, 0.15) is 0 Å². The number of carbonyl (C=O) groups is 2. The Morgan fingerprint density at radius 1 is 1.53 bits per heavy atom. The van der Waals surface area contributed by atoms with Crippen molar-refractivity contribution in [2.75, 3.05) is 5.32 Å². The molecule has 1 aliphatic heterocycles. The van der Waals surface area contributed by atoms with Crippen LogP contribution in [0.5, 0.6) is 0 Å². The molecule has 1 aromatic carbocycles. The third-order valence-corrected chi connectivity index (χ3v) is 2.17. The van der Waals surface area contributed by atoms with Crippen LogP contribution in [-0.2, 0) is 11.2 Å². The molecular weight excluding hydrogens is 194 g/mol. The molecule has 0 radical (unpaired) electrons. The zero-order valence-corrected chi connectivity index (χ0v) is 7.70. The normalized spacial score (nSPS) is 12.6. The fourth-order valence-electron chi connectivity index (χ4n) is 1.48. The lowest BCUT2D eigenvalue weighted by atomic mass is 10.1. The van der Waals surface area contributed by atoms with Crippen LogP contribution in [0.3, 0.4) is 0 Å². The molecule has 5 nitrogen and oxygen atoms in total. The van der Waals surface area contributed by atoms with E-state index in [4.69, 9.17) is 5.26 Å². The topological polar surface area (TPSA) is 82.0 Å². The second-order valence-corrected chi connectivity index (χ2v) is 3.16. The molecule has 1 aromatic rings. The average Bonchev–Trinajstić information content (AvgIpc) is 2.57. The summed E-state index contributed by atoms with van der Waals surface area (Å²) in [5.41, 5.74) is 1.87. The number of hydrogen-bond acceptors (Lipinski definition) is 3.